The molecule has 0 fully saturated rings. The average Bonchev–Trinajstić information content (AvgIpc) is 3.61. The molecule has 0 amide bonds. The van der Waals surface area contributed by atoms with Crippen molar-refractivity contribution in [1.82, 2.24) is 0 Å². The van der Waals surface area contributed by atoms with Gasteiger partial charge in [-0.2, -0.15) is 26.0 Å². The van der Waals surface area contributed by atoms with Gasteiger partial charge in [0.05, 0.1) is 0 Å². The van der Waals surface area contributed by atoms with Gasteiger partial charge in [0.1, 0.15) is 0 Å². The molecule has 6 aromatic carbocycles. The van der Waals surface area contributed by atoms with Crippen LogP contribution in [0.5, 0.6) is 0 Å². The quantitative estimate of drug-likeness (QED) is 0.125. The summed E-state index contributed by atoms with van der Waals surface area (Å²) in [4.78, 5) is 0. The molecule has 0 N–H and O–H groups in total. The normalized spacial score (nSPS) is 9.60. The summed E-state index contributed by atoms with van der Waals surface area (Å²) in [6.07, 6.45) is 1.10. The Kier molecular flexibility index (Phi) is 20.7. The van der Waals surface area contributed by atoms with Crippen LogP contribution in [0.2, 0.25) is 0 Å². The first-order chi connectivity index (χ1) is 21.6. The molecular weight excluding hydrogens is 707 g/mol. The van der Waals surface area contributed by atoms with E-state index in [4.69, 9.17) is 0 Å². The zero-order valence-corrected chi connectivity index (χ0v) is 35.1. The summed E-state index contributed by atoms with van der Waals surface area (Å²) < 4.78 is 0. The van der Waals surface area contributed by atoms with Gasteiger partial charge in [0.2, 0.25) is 0 Å². The number of hydrogen-bond donors (Lipinski definition) is 0. The van der Waals surface area contributed by atoms with Crippen LogP contribution < -0.4 is 0 Å². The van der Waals surface area contributed by atoms with E-state index < -0.39 is 0 Å². The Bertz CT molecular complexity index is 1800. The van der Waals surface area contributed by atoms with Crippen molar-refractivity contribution in [3.05, 3.63) is 143 Å². The van der Waals surface area contributed by atoms with Crippen molar-refractivity contribution < 1.29 is 23.3 Å². The minimum atomic E-state index is 0. The van der Waals surface area contributed by atoms with E-state index in [2.05, 4.69) is 161 Å². The number of aryl methyl sites for hydroxylation is 8. The molecule has 0 aliphatic rings. The van der Waals surface area contributed by atoms with Crippen molar-refractivity contribution in [2.75, 3.05) is 0 Å². The molecule has 0 bridgehead atoms. The van der Waals surface area contributed by atoms with Gasteiger partial charge in [-0.25, -0.2) is 0 Å². The summed E-state index contributed by atoms with van der Waals surface area (Å²) in [6, 6.07) is 32.0. The Labute approximate surface area is 315 Å². The Hall–Kier alpha value is -2.22. The molecule has 0 atom stereocenters. The van der Waals surface area contributed by atoms with E-state index in [1.165, 1.54) is 112 Å². The summed E-state index contributed by atoms with van der Waals surface area (Å²) in [6.45, 7) is 30.5. The molecule has 2 radical (unpaired) electrons. The third kappa shape index (κ3) is 12.0. The molecule has 250 valence electrons. The summed E-state index contributed by atoms with van der Waals surface area (Å²) in [5.74, 6) is 0. The average molecular weight is 759 g/mol. The standard InChI is InChI=1S/C20H21.C19H19.2C2H5.2ClH.Si.Zr/c1-5-16-11-18-9-15(4)10-19(20(18)12-16)17-7-13(2)6-14(3)8-17;1-12-5-13(2)7-16(6-12)18-10-14(3)8-17-9-15(4)11-19(17)18;2*1-2;;;;/h6-12H,5H2,1-4H3;5-11H,1-4H3;2*1H2,2H3;2*1H;;/q4*-1;;;;. The van der Waals surface area contributed by atoms with E-state index in [9.17, 15) is 0 Å². The van der Waals surface area contributed by atoms with Crippen LogP contribution in [0.25, 0.3) is 43.8 Å². The molecular formula is C43H52Cl2SiZr-4. The van der Waals surface area contributed by atoms with Crippen molar-refractivity contribution in [3.63, 3.8) is 0 Å². The molecule has 6 rings (SSSR count). The summed E-state index contributed by atoms with van der Waals surface area (Å²) in [5.41, 5.74) is 16.1. The second-order valence-corrected chi connectivity index (χ2v) is 11.6. The van der Waals surface area contributed by atoms with Gasteiger partial charge in [0.15, 0.2) is 0 Å². The second kappa shape index (κ2) is 21.7. The van der Waals surface area contributed by atoms with Crippen LogP contribution in [-0.2, 0) is 29.8 Å². The fourth-order valence-electron chi connectivity index (χ4n) is 6.10. The fraction of sp³-hybridized carbons (Fsp3) is 0.256. The minimum absolute atomic E-state index is 0. The van der Waals surface area contributed by atoms with Gasteiger partial charge in [-0.1, -0.05) is 107 Å². The van der Waals surface area contributed by atoms with Crippen LogP contribution >= 0.6 is 24.8 Å². The van der Waals surface area contributed by atoms with E-state index in [-0.39, 0.29) is 24.8 Å². The zero-order chi connectivity index (χ0) is 33.8. The molecule has 0 spiro atoms. The number of halogens is 2. The maximum atomic E-state index is 3.25. The van der Waals surface area contributed by atoms with E-state index in [0.29, 0.717) is 0 Å². The Morgan fingerprint density at radius 2 is 0.830 bits per heavy atom. The van der Waals surface area contributed by atoms with Gasteiger partial charge in [-0.05, 0) is 59.1 Å². The molecule has 6 aromatic rings. The summed E-state index contributed by atoms with van der Waals surface area (Å²) in [5, 5.41) is 5.48. The van der Waals surface area contributed by atoms with Crippen molar-refractivity contribution in [2.24, 2.45) is 0 Å². The first-order valence-corrected chi connectivity index (χ1v) is 20.0. The molecule has 0 unspecified atom stereocenters. The molecule has 0 nitrogen and oxygen atoms in total. The zero-order valence-electron chi connectivity index (χ0n) is 30.0. The van der Waals surface area contributed by atoms with Crippen LogP contribution in [0, 0.1) is 62.3 Å². The van der Waals surface area contributed by atoms with Crippen molar-refractivity contribution in [1.29, 1.82) is 0 Å². The number of fused-ring (bicyclic) bond motifs is 2. The van der Waals surface area contributed by atoms with Crippen molar-refractivity contribution in [2.45, 2.75) is 75.7 Å². The Morgan fingerprint density at radius 3 is 1.21 bits per heavy atom. The third-order valence-corrected chi connectivity index (χ3v) is 7.61. The Morgan fingerprint density at radius 1 is 0.489 bits per heavy atom. The first kappa shape index (κ1) is 44.8. The second-order valence-electron chi connectivity index (χ2n) is 11.6. The maximum absolute atomic E-state index is 3.25. The van der Waals surface area contributed by atoms with Crippen LogP contribution in [0.15, 0.2) is 84.9 Å². The van der Waals surface area contributed by atoms with Crippen molar-refractivity contribution in [3.8, 4) is 22.3 Å². The first-order valence-electron chi connectivity index (χ1n) is 15.8. The van der Waals surface area contributed by atoms with E-state index in [1.807, 2.05) is 0 Å². The molecule has 4 heteroatoms. The van der Waals surface area contributed by atoms with Gasteiger partial charge >= 0.3 is 30.2 Å². The van der Waals surface area contributed by atoms with E-state index in [1.54, 1.807) is 13.8 Å². The molecule has 0 heterocycles. The monoisotopic (exact) mass is 756 g/mol. The van der Waals surface area contributed by atoms with Crippen LogP contribution in [0.4, 0.5) is 0 Å². The predicted octanol–water partition coefficient (Wildman–Crippen LogP) is 13.3. The van der Waals surface area contributed by atoms with Gasteiger partial charge in [0.25, 0.3) is 0 Å². The molecule has 0 aliphatic heterocycles. The topological polar surface area (TPSA) is 0 Å². The van der Waals surface area contributed by atoms with Gasteiger partial charge in [-0.15, -0.1) is 81.8 Å². The predicted molar refractivity (Wildman–Crippen MR) is 215 cm³/mol. The Balaban J connectivity index is 0.000000750. The van der Waals surface area contributed by atoms with Crippen LogP contribution in [0.1, 0.15) is 65.3 Å². The summed E-state index contributed by atoms with van der Waals surface area (Å²) in [7, 11) is 0. The molecule has 0 saturated heterocycles. The number of hydrogen-bond acceptors (Lipinski definition) is 0. The number of benzene rings is 4. The van der Waals surface area contributed by atoms with E-state index in [0.717, 1.165) is 6.42 Å². The SMILES string of the molecule is CCc1cc2c(-c3cc(C)cc(C)c3)cc(C)cc2[cH-]1.Cc1cc(C)cc(-c2cc(C)cc3[cH-]c(C)cc23)c1.Cl.Cl.[CH2-]C.[CH2-]C.[Si]=[Zr]. The van der Waals surface area contributed by atoms with Crippen LogP contribution in [0.3, 0.4) is 0 Å². The van der Waals surface area contributed by atoms with Gasteiger partial charge < -0.3 is 13.8 Å². The van der Waals surface area contributed by atoms with Crippen molar-refractivity contribution >= 4 is 53.2 Å². The van der Waals surface area contributed by atoms with Gasteiger partial charge in [-0.3, -0.25) is 0 Å². The van der Waals surface area contributed by atoms with Crippen LogP contribution in [-0.4, -0.2) is 6.88 Å². The molecule has 0 aromatic heterocycles. The number of rotatable bonds is 3. The third-order valence-electron chi connectivity index (χ3n) is 7.61. The molecule has 0 saturated carbocycles. The van der Waals surface area contributed by atoms with Gasteiger partial charge in [0, 0.05) is 0 Å². The van der Waals surface area contributed by atoms with E-state index >= 15 is 0 Å². The molecule has 47 heavy (non-hydrogen) atoms. The summed E-state index contributed by atoms with van der Waals surface area (Å²) >= 11 is 1.36. The fourth-order valence-corrected chi connectivity index (χ4v) is 6.10. The molecule has 0 aliphatic carbocycles.